The van der Waals surface area contributed by atoms with Gasteiger partial charge in [0.05, 0.1) is 6.54 Å². The second kappa shape index (κ2) is 9.26. The molecule has 7 heteroatoms. The molecule has 1 aromatic heterocycles. The summed E-state index contributed by atoms with van der Waals surface area (Å²) in [4.78, 5) is 12.4. The number of aromatic amines is 1. The highest BCUT2D eigenvalue weighted by Crippen LogP contribution is 2.24. The second-order valence-corrected chi connectivity index (χ2v) is 8.67. The minimum atomic E-state index is -0.145. The zero-order chi connectivity index (χ0) is 21.7. The summed E-state index contributed by atoms with van der Waals surface area (Å²) >= 11 is 5.30. The fraction of sp³-hybridized carbons (Fsp3) is 0.348. The number of aryl methyl sites for hydroxylation is 1. The molecular weight excluding hydrogens is 396 g/mol. The summed E-state index contributed by atoms with van der Waals surface area (Å²) in [5.41, 5.74) is 3.39. The van der Waals surface area contributed by atoms with Crippen molar-refractivity contribution in [1.29, 1.82) is 0 Å². The fourth-order valence-electron chi connectivity index (χ4n) is 3.08. The van der Waals surface area contributed by atoms with Crippen molar-refractivity contribution in [1.82, 2.24) is 20.1 Å². The first kappa shape index (κ1) is 21.8. The molecule has 6 nitrogen and oxygen atoms in total. The third-order valence-corrected chi connectivity index (χ3v) is 5.06. The van der Waals surface area contributed by atoms with Gasteiger partial charge in [0.15, 0.2) is 10.6 Å². The standard InChI is InChI=1S/C23H28N4O2S/c1-16-6-5-7-17(14-16)21-25-26-22(30)27(21)15-20(28)24-12-13-29-19-10-8-18(9-11-19)23(2,3)4/h5-11,14H,12-13,15H2,1-4H3,(H,24,28)(H,26,30). The molecule has 3 rings (SSSR count). The lowest BCUT2D eigenvalue weighted by atomic mass is 9.87. The van der Waals surface area contributed by atoms with E-state index in [1.807, 2.05) is 43.3 Å². The topological polar surface area (TPSA) is 71.9 Å². The van der Waals surface area contributed by atoms with Crippen LogP contribution < -0.4 is 10.1 Å². The molecule has 0 aliphatic rings. The first-order valence-corrected chi connectivity index (χ1v) is 10.4. The number of H-pyrrole nitrogens is 1. The minimum absolute atomic E-state index is 0.0961. The lowest BCUT2D eigenvalue weighted by Crippen LogP contribution is -2.31. The SMILES string of the molecule is Cc1cccc(-c2n[nH]c(=S)n2CC(=O)NCCOc2ccc(C(C)(C)C)cc2)c1. The van der Waals surface area contributed by atoms with Crippen LogP contribution in [0.2, 0.25) is 0 Å². The zero-order valence-corrected chi connectivity index (χ0v) is 18.7. The van der Waals surface area contributed by atoms with Crippen LogP contribution in [0.4, 0.5) is 0 Å². The largest absolute Gasteiger partial charge is 0.492 e. The number of hydrogen-bond donors (Lipinski definition) is 2. The molecule has 0 fully saturated rings. The van der Waals surface area contributed by atoms with E-state index >= 15 is 0 Å². The number of ether oxygens (including phenoxy) is 1. The smallest absolute Gasteiger partial charge is 0.240 e. The van der Waals surface area contributed by atoms with Crippen molar-refractivity contribution in [2.24, 2.45) is 0 Å². The molecule has 0 saturated heterocycles. The summed E-state index contributed by atoms with van der Waals surface area (Å²) in [7, 11) is 0. The molecule has 0 aliphatic carbocycles. The highest BCUT2D eigenvalue weighted by molar-refractivity contribution is 7.71. The van der Waals surface area contributed by atoms with Gasteiger partial charge in [-0.25, -0.2) is 0 Å². The Bertz CT molecular complexity index is 1060. The normalized spacial score (nSPS) is 11.3. The number of benzene rings is 2. The van der Waals surface area contributed by atoms with Crippen LogP contribution in [0, 0.1) is 11.7 Å². The number of carbonyl (C=O) groups excluding carboxylic acids is 1. The first-order chi connectivity index (χ1) is 14.2. The van der Waals surface area contributed by atoms with Crippen molar-refractivity contribution in [2.75, 3.05) is 13.2 Å². The van der Waals surface area contributed by atoms with Crippen LogP contribution in [0.15, 0.2) is 48.5 Å². The zero-order valence-electron chi connectivity index (χ0n) is 17.9. The van der Waals surface area contributed by atoms with Crippen molar-refractivity contribution < 1.29 is 9.53 Å². The lowest BCUT2D eigenvalue weighted by molar-refractivity contribution is -0.121. The average molecular weight is 425 g/mol. The Hall–Kier alpha value is -2.93. The Morgan fingerprint density at radius 3 is 2.60 bits per heavy atom. The highest BCUT2D eigenvalue weighted by atomic mass is 32.1. The van der Waals surface area contributed by atoms with Crippen LogP contribution in [-0.4, -0.2) is 33.8 Å². The van der Waals surface area contributed by atoms with E-state index in [1.165, 1.54) is 5.56 Å². The molecule has 3 aromatic rings. The van der Waals surface area contributed by atoms with Crippen LogP contribution in [0.1, 0.15) is 31.9 Å². The van der Waals surface area contributed by atoms with E-state index in [0.29, 0.717) is 23.7 Å². The van der Waals surface area contributed by atoms with Gasteiger partial charge in [0.25, 0.3) is 0 Å². The van der Waals surface area contributed by atoms with Gasteiger partial charge in [0.1, 0.15) is 18.9 Å². The summed E-state index contributed by atoms with van der Waals surface area (Å²) in [6, 6.07) is 16.0. The summed E-state index contributed by atoms with van der Waals surface area (Å²) in [6.07, 6.45) is 0. The highest BCUT2D eigenvalue weighted by Gasteiger charge is 2.14. The van der Waals surface area contributed by atoms with Crippen LogP contribution in [-0.2, 0) is 16.8 Å². The maximum atomic E-state index is 12.4. The number of hydrogen-bond acceptors (Lipinski definition) is 4. The molecule has 2 N–H and O–H groups in total. The third kappa shape index (κ3) is 5.57. The Kier molecular flexibility index (Phi) is 6.72. The van der Waals surface area contributed by atoms with Crippen LogP contribution >= 0.6 is 12.2 Å². The molecule has 1 heterocycles. The Morgan fingerprint density at radius 1 is 1.20 bits per heavy atom. The van der Waals surface area contributed by atoms with E-state index in [0.717, 1.165) is 16.9 Å². The van der Waals surface area contributed by atoms with Crippen molar-refractivity contribution in [3.63, 3.8) is 0 Å². The van der Waals surface area contributed by atoms with E-state index in [1.54, 1.807) is 4.57 Å². The summed E-state index contributed by atoms with van der Waals surface area (Å²) in [5, 5.41) is 9.93. The van der Waals surface area contributed by atoms with Gasteiger partial charge in [0.2, 0.25) is 5.91 Å². The van der Waals surface area contributed by atoms with Gasteiger partial charge in [-0.2, -0.15) is 5.10 Å². The predicted octanol–water partition coefficient (Wildman–Crippen LogP) is 4.41. The van der Waals surface area contributed by atoms with Gasteiger partial charge in [0, 0.05) is 5.56 Å². The molecule has 0 unspecified atom stereocenters. The van der Waals surface area contributed by atoms with E-state index in [-0.39, 0.29) is 17.9 Å². The van der Waals surface area contributed by atoms with Crippen LogP contribution in [0.3, 0.4) is 0 Å². The molecule has 158 valence electrons. The molecule has 0 bridgehead atoms. The molecular formula is C23H28N4O2S. The minimum Gasteiger partial charge on any atom is -0.492 e. The van der Waals surface area contributed by atoms with Gasteiger partial charge in [-0.3, -0.25) is 14.5 Å². The second-order valence-electron chi connectivity index (χ2n) is 8.28. The monoisotopic (exact) mass is 424 g/mol. The first-order valence-electron chi connectivity index (χ1n) is 9.96. The van der Waals surface area contributed by atoms with Crippen molar-refractivity contribution in [2.45, 2.75) is 39.7 Å². The average Bonchev–Trinajstić information content (AvgIpc) is 3.05. The number of aromatic nitrogens is 3. The van der Waals surface area contributed by atoms with E-state index in [2.05, 4.69) is 48.4 Å². The number of rotatable bonds is 7. The number of amides is 1. The van der Waals surface area contributed by atoms with E-state index in [4.69, 9.17) is 17.0 Å². The maximum absolute atomic E-state index is 12.4. The fourth-order valence-corrected chi connectivity index (χ4v) is 3.28. The Balaban J connectivity index is 1.52. The number of carbonyl (C=O) groups is 1. The molecule has 0 radical (unpaired) electrons. The predicted molar refractivity (Wildman–Crippen MR) is 121 cm³/mol. The third-order valence-electron chi connectivity index (χ3n) is 4.75. The molecule has 1 amide bonds. The molecule has 0 atom stereocenters. The van der Waals surface area contributed by atoms with Crippen molar-refractivity contribution in [3.8, 4) is 17.1 Å². The number of nitrogens with zero attached hydrogens (tertiary/aromatic N) is 2. The van der Waals surface area contributed by atoms with Crippen molar-refractivity contribution >= 4 is 18.1 Å². The quantitative estimate of drug-likeness (QED) is 0.435. The molecule has 30 heavy (non-hydrogen) atoms. The molecule has 0 saturated carbocycles. The molecule has 2 aromatic carbocycles. The van der Waals surface area contributed by atoms with Gasteiger partial charge >= 0.3 is 0 Å². The van der Waals surface area contributed by atoms with E-state index in [9.17, 15) is 4.79 Å². The van der Waals surface area contributed by atoms with Gasteiger partial charge < -0.3 is 10.1 Å². The summed E-state index contributed by atoms with van der Waals surface area (Å²) in [6.45, 7) is 9.43. The molecule has 0 aliphatic heterocycles. The molecule has 0 spiro atoms. The van der Waals surface area contributed by atoms with Gasteiger partial charge in [-0.1, -0.05) is 56.7 Å². The van der Waals surface area contributed by atoms with E-state index < -0.39 is 0 Å². The van der Waals surface area contributed by atoms with Crippen LogP contribution in [0.25, 0.3) is 11.4 Å². The summed E-state index contributed by atoms with van der Waals surface area (Å²) < 4.78 is 7.84. The Labute approximate surface area is 182 Å². The van der Waals surface area contributed by atoms with Gasteiger partial charge in [-0.15, -0.1) is 0 Å². The maximum Gasteiger partial charge on any atom is 0.240 e. The summed E-state index contributed by atoms with van der Waals surface area (Å²) in [5.74, 6) is 1.29. The van der Waals surface area contributed by atoms with Gasteiger partial charge in [-0.05, 0) is 48.3 Å². The van der Waals surface area contributed by atoms with Crippen LogP contribution in [0.5, 0.6) is 5.75 Å². The lowest BCUT2D eigenvalue weighted by Gasteiger charge is -2.19. The number of nitrogens with one attached hydrogen (secondary N) is 2. The Morgan fingerprint density at radius 2 is 1.93 bits per heavy atom. The van der Waals surface area contributed by atoms with Crippen molar-refractivity contribution in [3.05, 3.63) is 64.4 Å².